The van der Waals surface area contributed by atoms with E-state index in [1.54, 1.807) is 0 Å². The molecule has 0 aromatic carbocycles. The summed E-state index contributed by atoms with van der Waals surface area (Å²) in [5, 5.41) is 0. The van der Waals surface area contributed by atoms with Gasteiger partial charge in [0.15, 0.2) is 0 Å². The van der Waals surface area contributed by atoms with Crippen molar-refractivity contribution in [2.45, 2.75) is 0 Å². The molecule has 5 nitrogen and oxygen atoms in total. The Morgan fingerprint density at radius 3 is 1.22 bits per heavy atom. The predicted octanol–water partition coefficient (Wildman–Crippen LogP) is -9.44. The van der Waals surface area contributed by atoms with E-state index in [0.717, 1.165) is 0 Å². The summed E-state index contributed by atoms with van der Waals surface area (Å²) >= 11 is 0. The van der Waals surface area contributed by atoms with Crippen molar-refractivity contribution in [3.63, 3.8) is 0 Å². The fourth-order valence-electron chi connectivity index (χ4n) is 0.0680. The molecule has 9 heavy (non-hydrogen) atoms. The topological polar surface area (TPSA) is 89.5 Å². The van der Waals surface area contributed by atoms with E-state index in [0.29, 0.717) is 0 Å². The van der Waals surface area contributed by atoms with E-state index in [-0.39, 0.29) is 37.7 Å². The van der Waals surface area contributed by atoms with Gasteiger partial charge in [-0.25, -0.2) is 0 Å². The third kappa shape index (κ3) is 17.7. The minimum atomic E-state index is -3.51. The second kappa shape index (κ2) is 8.63. The van der Waals surface area contributed by atoms with Crippen LogP contribution in [0, 0.1) is 0 Å². The zero-order valence-corrected chi connectivity index (χ0v) is 7.04. The molecular formula is Li2O5Si2. The Morgan fingerprint density at radius 2 is 1.22 bits per heavy atom. The summed E-state index contributed by atoms with van der Waals surface area (Å²) in [5.41, 5.74) is 0. The van der Waals surface area contributed by atoms with Crippen molar-refractivity contribution in [2.75, 3.05) is 0 Å². The molecule has 0 rings (SSSR count). The number of rotatable bonds is 2. The van der Waals surface area contributed by atoms with Crippen LogP contribution < -0.4 is 47.3 Å². The largest absolute Gasteiger partial charge is 1.00 e. The normalized spacial score (nSPS) is 5.78. The van der Waals surface area contributed by atoms with Gasteiger partial charge in [-0.15, -0.1) is 0 Å². The first-order chi connectivity index (χ1) is 3.13. The van der Waals surface area contributed by atoms with Gasteiger partial charge in [-0.05, 0) is 0 Å². The molecule has 0 bridgehead atoms. The minimum absolute atomic E-state index is 0. The summed E-state index contributed by atoms with van der Waals surface area (Å²) in [6.07, 6.45) is 0. The summed E-state index contributed by atoms with van der Waals surface area (Å²) < 4.78 is 21.8. The first-order valence-electron chi connectivity index (χ1n) is 1.22. The van der Waals surface area contributed by atoms with Crippen molar-refractivity contribution in [1.82, 2.24) is 0 Å². The smallest absolute Gasteiger partial charge is 0.570 e. The molecule has 0 aromatic heterocycles. The van der Waals surface area contributed by atoms with Gasteiger partial charge < -0.3 is 22.6 Å². The molecule has 0 N–H and O–H groups in total. The van der Waals surface area contributed by atoms with Gasteiger partial charge in [0.25, 0.3) is 0 Å². The maximum atomic E-state index is 9.29. The van der Waals surface area contributed by atoms with Crippen LogP contribution in [-0.4, -0.2) is 18.3 Å². The van der Waals surface area contributed by atoms with Crippen LogP contribution in [0.2, 0.25) is 0 Å². The molecule has 40 valence electrons. The van der Waals surface area contributed by atoms with Gasteiger partial charge in [0, 0.05) is 0 Å². The molecule has 0 unspecified atom stereocenters. The van der Waals surface area contributed by atoms with Gasteiger partial charge in [0.2, 0.25) is 0 Å². The average Bonchev–Trinajstić information content (AvgIpc) is 1.27. The van der Waals surface area contributed by atoms with Crippen LogP contribution in [0.3, 0.4) is 0 Å². The first-order valence-corrected chi connectivity index (χ1v) is 3.67. The molecule has 9 heteroatoms. The summed E-state index contributed by atoms with van der Waals surface area (Å²) in [6, 6.07) is 0. The van der Waals surface area contributed by atoms with Crippen LogP contribution >= 0.6 is 0 Å². The zero-order chi connectivity index (χ0) is 5.86. The molecule has 0 aromatic rings. The Kier molecular flexibility index (Phi) is 15.6. The molecule has 0 aliphatic rings. The molecule has 0 saturated heterocycles. The van der Waals surface area contributed by atoms with Crippen LogP contribution in [0.5, 0.6) is 0 Å². The summed E-state index contributed by atoms with van der Waals surface area (Å²) in [6.45, 7) is 0. The van der Waals surface area contributed by atoms with Crippen molar-refractivity contribution >= 4 is 18.3 Å². The molecule has 0 amide bonds. The van der Waals surface area contributed by atoms with E-state index in [4.69, 9.17) is 0 Å². The quantitative estimate of drug-likeness (QED) is 0.364. The molecule has 0 aliphatic heterocycles. The Bertz CT molecular complexity index is 89.1. The maximum Gasteiger partial charge on any atom is 1.00 e. The SMILES string of the molecule is O=[Si]([O-])O[Si](=O)[O-].[Li+].[Li+]. The second-order valence-electron chi connectivity index (χ2n) is 0.602. The number of hydrogen-bond acceptors (Lipinski definition) is 5. The Hall–Kier alpha value is 0.629. The van der Waals surface area contributed by atoms with Crippen molar-refractivity contribution < 1.29 is 60.4 Å². The van der Waals surface area contributed by atoms with Crippen molar-refractivity contribution in [3.05, 3.63) is 0 Å². The van der Waals surface area contributed by atoms with Gasteiger partial charge in [-0.3, -0.25) is 0 Å². The standard InChI is InChI=1S/2Li.O5Si2/c;;1-6(2)5-7(3)4/q2*+1;-2. The van der Waals surface area contributed by atoms with Gasteiger partial charge in [-0.1, -0.05) is 0 Å². The van der Waals surface area contributed by atoms with Gasteiger partial charge in [0.1, 0.15) is 0 Å². The molecular weight excluding hydrogens is 150 g/mol. The van der Waals surface area contributed by atoms with Crippen LogP contribution in [0.15, 0.2) is 0 Å². The van der Waals surface area contributed by atoms with E-state index in [2.05, 4.69) is 4.12 Å². The Balaban J connectivity index is -0.000000180. The molecule has 0 radical (unpaired) electrons. The third-order valence-electron chi connectivity index (χ3n) is 0.167. The van der Waals surface area contributed by atoms with Crippen molar-refractivity contribution in [1.29, 1.82) is 0 Å². The zero-order valence-electron chi connectivity index (χ0n) is 5.04. The summed E-state index contributed by atoms with van der Waals surface area (Å²) in [7, 11) is -7.03. The van der Waals surface area contributed by atoms with Crippen molar-refractivity contribution in [2.24, 2.45) is 0 Å². The van der Waals surface area contributed by atoms with E-state index in [9.17, 15) is 18.5 Å². The monoisotopic (exact) mass is 150 g/mol. The number of hydrogen-bond donors (Lipinski definition) is 0. The molecule has 0 fully saturated rings. The van der Waals surface area contributed by atoms with E-state index in [1.807, 2.05) is 0 Å². The fraction of sp³-hybridized carbons (Fsp3) is 0. The minimum Gasteiger partial charge on any atom is -0.570 e. The van der Waals surface area contributed by atoms with Gasteiger partial charge >= 0.3 is 56.1 Å². The Morgan fingerprint density at radius 1 is 1.00 bits per heavy atom. The van der Waals surface area contributed by atoms with Crippen LogP contribution in [0.25, 0.3) is 0 Å². The summed E-state index contributed by atoms with van der Waals surface area (Å²) in [5.74, 6) is 0. The predicted molar refractivity (Wildman–Crippen MR) is 14.0 cm³/mol. The molecule has 0 aliphatic carbocycles. The van der Waals surface area contributed by atoms with Crippen LogP contribution in [0.4, 0.5) is 0 Å². The molecule has 0 saturated carbocycles. The summed E-state index contributed by atoms with van der Waals surface area (Å²) in [4.78, 5) is 18.6. The maximum absolute atomic E-state index is 9.29. The molecule has 0 heterocycles. The van der Waals surface area contributed by atoms with Gasteiger partial charge in [-0.2, -0.15) is 0 Å². The van der Waals surface area contributed by atoms with E-state index >= 15 is 0 Å². The average molecular weight is 150 g/mol. The Labute approximate surface area is 78.6 Å². The molecule has 0 spiro atoms. The van der Waals surface area contributed by atoms with Crippen LogP contribution in [-0.2, 0) is 13.0 Å². The second-order valence-corrected chi connectivity index (χ2v) is 2.42. The van der Waals surface area contributed by atoms with Gasteiger partial charge in [0.05, 0.1) is 0 Å². The van der Waals surface area contributed by atoms with Crippen LogP contribution in [0.1, 0.15) is 0 Å². The third-order valence-corrected chi connectivity index (χ3v) is 1.50. The molecule has 0 atom stereocenters. The first kappa shape index (κ1) is 16.3. The van der Waals surface area contributed by atoms with E-state index in [1.165, 1.54) is 0 Å². The van der Waals surface area contributed by atoms with E-state index < -0.39 is 18.3 Å². The van der Waals surface area contributed by atoms with Crippen molar-refractivity contribution in [3.8, 4) is 0 Å². The fourth-order valence-corrected chi connectivity index (χ4v) is 0.612.